The molecule has 4 N–H and O–H groups in total. The van der Waals surface area contributed by atoms with Crippen molar-refractivity contribution in [3.8, 4) is 0 Å². The average molecular weight is 586 g/mol. The van der Waals surface area contributed by atoms with E-state index in [4.69, 9.17) is 0 Å². The standard InChI is InChI=1S/C30H37N5O4.ClH.H2O/c1-22-28(31-20-36)27(24-10-12-26(13-11-24)35(38)39)29(23(2)32-22)34(21-37)17-7-16-33-18-14-30(3,15-19-33)25-8-5-4-6-9-25;;/h4-6,8-13,20-21,27,32H,7,14-19H2,1-3H3,(H,31,36);1H;1H2. The molecule has 2 heterocycles. The van der Waals surface area contributed by atoms with Crippen LogP contribution in [0.1, 0.15) is 57.1 Å². The van der Waals surface area contributed by atoms with Gasteiger partial charge in [0, 0.05) is 30.1 Å². The molecule has 2 aromatic carbocycles. The van der Waals surface area contributed by atoms with Crippen molar-refractivity contribution in [1.82, 2.24) is 20.4 Å². The summed E-state index contributed by atoms with van der Waals surface area (Å²) in [6, 6.07) is 17.0. The fourth-order valence-corrected chi connectivity index (χ4v) is 5.83. The highest BCUT2D eigenvalue weighted by Crippen LogP contribution is 2.39. The Morgan fingerprint density at radius 1 is 1.07 bits per heavy atom. The van der Waals surface area contributed by atoms with Crippen molar-refractivity contribution in [3.05, 3.63) is 98.6 Å². The Kier molecular flexibility index (Phi) is 12.1. The van der Waals surface area contributed by atoms with Crippen LogP contribution in [0.15, 0.2) is 77.4 Å². The first-order valence-corrected chi connectivity index (χ1v) is 13.4. The maximum atomic E-state index is 12.4. The number of amides is 2. The van der Waals surface area contributed by atoms with Gasteiger partial charge in [-0.05, 0) is 69.3 Å². The monoisotopic (exact) mass is 585 g/mol. The van der Waals surface area contributed by atoms with Crippen molar-refractivity contribution >= 4 is 30.9 Å². The van der Waals surface area contributed by atoms with Gasteiger partial charge in [0.2, 0.25) is 12.8 Å². The summed E-state index contributed by atoms with van der Waals surface area (Å²) < 4.78 is 0. The zero-order chi connectivity index (χ0) is 28.0. The highest BCUT2D eigenvalue weighted by molar-refractivity contribution is 5.85. The molecule has 222 valence electrons. The number of benzene rings is 2. The highest BCUT2D eigenvalue weighted by atomic mass is 35.5. The molecule has 41 heavy (non-hydrogen) atoms. The number of allylic oxidation sites excluding steroid dienone is 2. The number of dihydropyridines is 1. The van der Waals surface area contributed by atoms with Crippen LogP contribution in [0.25, 0.3) is 0 Å². The number of hydrogen-bond acceptors (Lipinski definition) is 6. The number of carbonyl (C=O) groups is 2. The van der Waals surface area contributed by atoms with Crippen LogP contribution in [0.3, 0.4) is 0 Å². The second-order valence-electron chi connectivity index (χ2n) is 10.6. The van der Waals surface area contributed by atoms with Crippen LogP contribution in [0.5, 0.6) is 0 Å². The van der Waals surface area contributed by atoms with E-state index in [1.165, 1.54) is 17.7 Å². The summed E-state index contributed by atoms with van der Waals surface area (Å²) in [4.78, 5) is 38.8. The van der Waals surface area contributed by atoms with E-state index in [-0.39, 0.29) is 29.0 Å². The topological polar surface area (TPSA) is 139 Å². The van der Waals surface area contributed by atoms with Gasteiger partial charge in [0.1, 0.15) is 0 Å². The Hall–Kier alpha value is -3.73. The van der Waals surface area contributed by atoms with Crippen molar-refractivity contribution in [3.63, 3.8) is 0 Å². The molecule has 0 bridgehead atoms. The molecule has 4 rings (SSSR count). The van der Waals surface area contributed by atoms with Gasteiger partial charge < -0.3 is 25.9 Å². The van der Waals surface area contributed by atoms with E-state index in [9.17, 15) is 19.7 Å². The number of nitrogens with one attached hydrogen (secondary N) is 2. The number of hydrogen-bond donors (Lipinski definition) is 2. The Bertz CT molecular complexity index is 1260. The van der Waals surface area contributed by atoms with Gasteiger partial charge in [0.05, 0.1) is 22.2 Å². The Labute approximate surface area is 247 Å². The van der Waals surface area contributed by atoms with Crippen molar-refractivity contribution in [2.24, 2.45) is 0 Å². The first-order valence-electron chi connectivity index (χ1n) is 13.4. The third-order valence-corrected chi connectivity index (χ3v) is 8.12. The lowest BCUT2D eigenvalue weighted by Gasteiger charge is -2.40. The molecule has 10 nitrogen and oxygen atoms in total. The van der Waals surface area contributed by atoms with Crippen molar-refractivity contribution in [2.45, 2.75) is 51.4 Å². The second kappa shape index (κ2) is 14.8. The van der Waals surface area contributed by atoms with Crippen LogP contribution in [-0.4, -0.2) is 59.2 Å². The lowest BCUT2D eigenvalue weighted by atomic mass is 9.74. The number of rotatable bonds is 11. The van der Waals surface area contributed by atoms with Gasteiger partial charge >= 0.3 is 0 Å². The molecule has 2 amide bonds. The maximum absolute atomic E-state index is 12.4. The molecule has 1 fully saturated rings. The molecule has 0 radical (unpaired) electrons. The molecule has 1 saturated heterocycles. The van der Waals surface area contributed by atoms with E-state index in [0.717, 1.165) is 68.0 Å². The number of piperidine rings is 1. The summed E-state index contributed by atoms with van der Waals surface area (Å²) in [7, 11) is 0. The van der Waals surface area contributed by atoms with E-state index < -0.39 is 10.8 Å². The summed E-state index contributed by atoms with van der Waals surface area (Å²) >= 11 is 0. The fraction of sp³-hybridized carbons (Fsp3) is 0.400. The second-order valence-corrected chi connectivity index (χ2v) is 10.6. The summed E-state index contributed by atoms with van der Waals surface area (Å²) in [6.45, 7) is 9.52. The van der Waals surface area contributed by atoms with Crippen LogP contribution in [0.4, 0.5) is 5.69 Å². The van der Waals surface area contributed by atoms with Gasteiger partial charge in [-0.1, -0.05) is 49.4 Å². The number of non-ortho nitro benzene ring substituents is 1. The van der Waals surface area contributed by atoms with Gasteiger partial charge in [-0.2, -0.15) is 0 Å². The molecule has 1 atom stereocenters. The van der Waals surface area contributed by atoms with Gasteiger partial charge in [0.15, 0.2) is 0 Å². The minimum atomic E-state index is -0.455. The molecule has 11 heteroatoms. The first-order chi connectivity index (χ1) is 18.8. The van der Waals surface area contributed by atoms with Crippen molar-refractivity contribution in [1.29, 1.82) is 0 Å². The van der Waals surface area contributed by atoms with Crippen molar-refractivity contribution < 1.29 is 20.0 Å². The minimum Gasteiger partial charge on any atom is -0.412 e. The lowest BCUT2D eigenvalue weighted by molar-refractivity contribution is -0.384. The van der Waals surface area contributed by atoms with E-state index in [1.54, 1.807) is 17.0 Å². The molecular formula is C30H40ClN5O5. The molecule has 0 aliphatic carbocycles. The van der Waals surface area contributed by atoms with E-state index in [1.807, 2.05) is 13.8 Å². The van der Waals surface area contributed by atoms with Crippen LogP contribution in [-0.2, 0) is 15.0 Å². The molecular weight excluding hydrogens is 546 g/mol. The van der Waals surface area contributed by atoms with Gasteiger partial charge in [-0.15, -0.1) is 12.4 Å². The van der Waals surface area contributed by atoms with Gasteiger partial charge in [-0.3, -0.25) is 19.7 Å². The third kappa shape index (κ3) is 7.52. The smallest absolute Gasteiger partial charge is 0.269 e. The van der Waals surface area contributed by atoms with Crippen LogP contribution in [0.2, 0.25) is 0 Å². The number of nitrogens with zero attached hydrogens (tertiary/aromatic N) is 3. The molecule has 0 spiro atoms. The van der Waals surface area contributed by atoms with Crippen LogP contribution < -0.4 is 10.6 Å². The number of halogens is 1. The number of nitro groups is 1. The summed E-state index contributed by atoms with van der Waals surface area (Å²) in [5.41, 5.74) is 5.21. The molecule has 2 aromatic rings. The number of carbonyl (C=O) groups excluding carboxylic acids is 2. The number of likely N-dealkylation sites (tertiary alicyclic amines) is 1. The molecule has 1 unspecified atom stereocenters. The molecule has 2 aliphatic heterocycles. The highest BCUT2D eigenvalue weighted by Gasteiger charge is 2.34. The molecule has 2 aliphatic rings. The lowest BCUT2D eigenvalue weighted by Crippen LogP contribution is -2.42. The predicted molar refractivity (Wildman–Crippen MR) is 161 cm³/mol. The Morgan fingerprint density at radius 2 is 1.71 bits per heavy atom. The van der Waals surface area contributed by atoms with Crippen LogP contribution in [0, 0.1) is 10.1 Å². The quantitative estimate of drug-likeness (QED) is 0.232. The van der Waals surface area contributed by atoms with E-state index >= 15 is 0 Å². The average Bonchev–Trinajstić information content (AvgIpc) is 2.94. The Morgan fingerprint density at radius 3 is 2.27 bits per heavy atom. The normalized spacial score (nSPS) is 18.4. The predicted octanol–water partition coefficient (Wildman–Crippen LogP) is 3.99. The minimum absolute atomic E-state index is 0. The Balaban J connectivity index is 0.00000294. The first kappa shape index (κ1) is 33.5. The molecule has 0 saturated carbocycles. The van der Waals surface area contributed by atoms with Crippen molar-refractivity contribution in [2.75, 3.05) is 26.2 Å². The fourth-order valence-electron chi connectivity index (χ4n) is 5.83. The van der Waals surface area contributed by atoms with Gasteiger partial charge in [-0.25, -0.2) is 0 Å². The van der Waals surface area contributed by atoms with Crippen LogP contribution >= 0.6 is 12.4 Å². The largest absolute Gasteiger partial charge is 0.412 e. The zero-order valence-corrected chi connectivity index (χ0v) is 24.6. The van der Waals surface area contributed by atoms with E-state index in [0.29, 0.717) is 18.7 Å². The summed E-state index contributed by atoms with van der Waals surface area (Å²) in [5, 5.41) is 17.3. The maximum Gasteiger partial charge on any atom is 0.269 e. The van der Waals surface area contributed by atoms with E-state index in [2.05, 4.69) is 52.8 Å². The van der Waals surface area contributed by atoms with Gasteiger partial charge in [0.25, 0.3) is 5.69 Å². The molecule has 0 aromatic heterocycles. The SMILES string of the molecule is CC1=C(NC=O)C(c2ccc([N+](=O)[O-])cc2)C(N(C=O)CCCN2CCC(C)(c3ccccc3)CC2)=C(C)N1.Cl.O. The number of nitro benzene ring substituents is 1. The zero-order valence-electron chi connectivity index (χ0n) is 23.8. The summed E-state index contributed by atoms with van der Waals surface area (Å²) in [6.07, 6.45) is 4.43. The third-order valence-electron chi connectivity index (χ3n) is 8.12. The summed E-state index contributed by atoms with van der Waals surface area (Å²) in [5.74, 6) is -0.455.